The molecule has 350 valence electrons. The summed E-state index contributed by atoms with van der Waals surface area (Å²) >= 11 is 0. The number of hydrogen-bond donors (Lipinski definition) is 0. The lowest BCUT2D eigenvalue weighted by molar-refractivity contribution is 0.793. The van der Waals surface area contributed by atoms with Crippen molar-refractivity contribution in [1.82, 2.24) is 4.57 Å². The quantitative estimate of drug-likeness (QED) is 0.147. The van der Waals surface area contributed by atoms with Crippen LogP contribution in [0.1, 0.15) is 22.3 Å². The molecule has 1 heterocycles. The van der Waals surface area contributed by atoms with Crippen LogP contribution < -0.4 is 4.90 Å². The number of para-hydroxylation sites is 2. The zero-order valence-electron chi connectivity index (χ0n) is 41.1. The number of anilines is 3. The maximum atomic E-state index is 2.54. The zero-order chi connectivity index (χ0) is 49.5. The van der Waals surface area contributed by atoms with Crippen molar-refractivity contribution in [1.29, 1.82) is 0 Å². The Hall–Kier alpha value is -9.76. The highest BCUT2D eigenvalue weighted by molar-refractivity contribution is 6.11. The lowest BCUT2D eigenvalue weighted by Gasteiger charge is -2.33. The van der Waals surface area contributed by atoms with E-state index in [1.54, 1.807) is 0 Å². The number of nitrogens with zero attached hydrogens (tertiary/aromatic N) is 2. The fourth-order valence-corrected chi connectivity index (χ4v) is 12.9. The molecule has 75 heavy (non-hydrogen) atoms. The van der Waals surface area contributed by atoms with Crippen molar-refractivity contribution in [3.05, 3.63) is 313 Å². The molecule has 15 rings (SSSR count). The van der Waals surface area contributed by atoms with Crippen LogP contribution in [0.3, 0.4) is 0 Å². The van der Waals surface area contributed by atoms with Crippen LogP contribution in [0.25, 0.3) is 94.3 Å². The Labute approximate surface area is 437 Å². The average molecular weight is 953 g/mol. The van der Waals surface area contributed by atoms with Gasteiger partial charge in [-0.3, -0.25) is 0 Å². The van der Waals surface area contributed by atoms with Crippen LogP contribution in [0.5, 0.6) is 0 Å². The molecule has 0 fully saturated rings. The van der Waals surface area contributed by atoms with Crippen molar-refractivity contribution in [2.24, 2.45) is 0 Å². The molecule has 13 aromatic rings. The largest absolute Gasteiger partial charge is 0.310 e. The summed E-state index contributed by atoms with van der Waals surface area (Å²) in [4.78, 5) is 2.54. The Morgan fingerprint density at radius 1 is 0.267 bits per heavy atom. The van der Waals surface area contributed by atoms with E-state index in [1.165, 1.54) is 94.1 Å². The van der Waals surface area contributed by atoms with E-state index in [0.29, 0.717) is 0 Å². The Kier molecular flexibility index (Phi) is 9.83. The van der Waals surface area contributed by atoms with E-state index in [2.05, 4.69) is 301 Å². The maximum Gasteiger partial charge on any atom is 0.0726 e. The molecule has 2 aliphatic carbocycles. The van der Waals surface area contributed by atoms with Gasteiger partial charge in [-0.15, -0.1) is 0 Å². The Balaban J connectivity index is 1.00. The Bertz CT molecular complexity index is 4290. The molecular formula is C73H48N2. The summed E-state index contributed by atoms with van der Waals surface area (Å²) in [6.45, 7) is 0. The van der Waals surface area contributed by atoms with Gasteiger partial charge in [0.2, 0.25) is 0 Å². The molecule has 0 unspecified atom stereocenters. The third kappa shape index (κ3) is 6.53. The number of hydrogen-bond acceptors (Lipinski definition) is 1. The average Bonchev–Trinajstić information content (AvgIpc) is 4.27. The molecule has 12 aromatic carbocycles. The van der Waals surface area contributed by atoms with Gasteiger partial charge in [0.1, 0.15) is 0 Å². The van der Waals surface area contributed by atoms with Crippen LogP contribution in [-0.4, -0.2) is 4.57 Å². The van der Waals surface area contributed by atoms with Gasteiger partial charge in [0.05, 0.1) is 22.1 Å². The molecule has 2 heteroatoms. The molecule has 1 spiro atoms. The number of aromatic nitrogens is 1. The molecular weight excluding hydrogens is 905 g/mol. The highest BCUT2D eigenvalue weighted by Crippen LogP contribution is 2.63. The number of rotatable bonds is 8. The standard InChI is InChI=1S/C73H48N2/c1-4-22-49(23-5-1)56-30-10-11-35-63(56)72-57(50-24-6-2-7-25-50)36-21-41-71(72)74(54-29-20-26-51(46-54)52-42-45-70-64(47-52)62-34-15-19-40-69(62)75(70)53-27-8-3-9-28-53)55-43-44-61-60-33-14-18-39-67(60)73(68(61)48-55)65-37-16-12-31-58(65)59-32-13-17-38-66(59)73/h1-48H. The van der Waals surface area contributed by atoms with Crippen LogP contribution in [-0.2, 0) is 5.41 Å². The minimum atomic E-state index is -0.508. The zero-order valence-corrected chi connectivity index (χ0v) is 41.1. The number of fused-ring (bicyclic) bond motifs is 13. The van der Waals surface area contributed by atoms with Gasteiger partial charge in [-0.1, -0.05) is 231 Å². The molecule has 0 saturated carbocycles. The van der Waals surface area contributed by atoms with E-state index < -0.39 is 5.41 Å². The monoisotopic (exact) mass is 952 g/mol. The van der Waals surface area contributed by atoms with Gasteiger partial charge in [-0.05, 0) is 144 Å². The fraction of sp³-hybridized carbons (Fsp3) is 0.0137. The number of benzene rings is 12. The van der Waals surface area contributed by atoms with Gasteiger partial charge in [0, 0.05) is 33.4 Å². The summed E-state index contributed by atoms with van der Waals surface area (Å²) in [5.74, 6) is 0. The summed E-state index contributed by atoms with van der Waals surface area (Å²) in [7, 11) is 0. The van der Waals surface area contributed by atoms with E-state index in [4.69, 9.17) is 0 Å². The molecule has 2 aliphatic rings. The van der Waals surface area contributed by atoms with Crippen LogP contribution in [0.4, 0.5) is 17.1 Å². The van der Waals surface area contributed by atoms with Crippen LogP contribution in [0.2, 0.25) is 0 Å². The van der Waals surface area contributed by atoms with E-state index in [9.17, 15) is 0 Å². The summed E-state index contributed by atoms with van der Waals surface area (Å²) in [6, 6.07) is 108. The summed E-state index contributed by atoms with van der Waals surface area (Å²) in [6.07, 6.45) is 0. The molecule has 0 saturated heterocycles. The lowest BCUT2D eigenvalue weighted by atomic mass is 9.70. The van der Waals surface area contributed by atoms with Crippen LogP contribution in [0, 0.1) is 0 Å². The van der Waals surface area contributed by atoms with Crippen LogP contribution in [0.15, 0.2) is 291 Å². The van der Waals surface area contributed by atoms with Gasteiger partial charge >= 0.3 is 0 Å². The topological polar surface area (TPSA) is 8.17 Å². The first-order valence-corrected chi connectivity index (χ1v) is 26.0. The van der Waals surface area contributed by atoms with Gasteiger partial charge in [0.25, 0.3) is 0 Å². The van der Waals surface area contributed by atoms with E-state index in [1.807, 2.05) is 0 Å². The van der Waals surface area contributed by atoms with Gasteiger partial charge in [-0.2, -0.15) is 0 Å². The van der Waals surface area contributed by atoms with Crippen LogP contribution >= 0.6 is 0 Å². The van der Waals surface area contributed by atoms with Crippen molar-refractivity contribution < 1.29 is 0 Å². The highest BCUT2D eigenvalue weighted by Gasteiger charge is 2.51. The Morgan fingerprint density at radius 2 is 0.747 bits per heavy atom. The fourth-order valence-electron chi connectivity index (χ4n) is 12.9. The summed E-state index contributed by atoms with van der Waals surface area (Å²) < 4.78 is 2.39. The van der Waals surface area contributed by atoms with Crippen molar-refractivity contribution >= 4 is 38.9 Å². The predicted molar refractivity (Wildman–Crippen MR) is 314 cm³/mol. The second-order valence-corrected chi connectivity index (χ2v) is 19.9. The molecule has 0 amide bonds. The Morgan fingerprint density at radius 3 is 1.43 bits per heavy atom. The van der Waals surface area contributed by atoms with Gasteiger partial charge < -0.3 is 9.47 Å². The van der Waals surface area contributed by atoms with E-state index >= 15 is 0 Å². The third-order valence-electron chi connectivity index (χ3n) is 16.0. The van der Waals surface area contributed by atoms with E-state index in [-0.39, 0.29) is 0 Å². The summed E-state index contributed by atoms with van der Waals surface area (Å²) in [5, 5.41) is 2.46. The molecule has 0 bridgehead atoms. The third-order valence-corrected chi connectivity index (χ3v) is 16.0. The minimum Gasteiger partial charge on any atom is -0.310 e. The minimum absolute atomic E-state index is 0.508. The van der Waals surface area contributed by atoms with Crippen molar-refractivity contribution in [2.75, 3.05) is 4.90 Å². The molecule has 0 radical (unpaired) electrons. The lowest BCUT2D eigenvalue weighted by Crippen LogP contribution is -2.26. The molecule has 1 aromatic heterocycles. The highest BCUT2D eigenvalue weighted by atomic mass is 15.1. The molecule has 2 nitrogen and oxygen atoms in total. The first-order chi connectivity index (χ1) is 37.2. The predicted octanol–water partition coefficient (Wildman–Crippen LogP) is 19.3. The van der Waals surface area contributed by atoms with Gasteiger partial charge in [-0.25, -0.2) is 0 Å². The molecule has 0 atom stereocenters. The normalized spacial score (nSPS) is 12.6. The first kappa shape index (κ1) is 42.9. The molecule has 0 N–H and O–H groups in total. The van der Waals surface area contributed by atoms with Crippen molar-refractivity contribution in [3.8, 4) is 72.4 Å². The second-order valence-electron chi connectivity index (χ2n) is 19.9. The first-order valence-electron chi connectivity index (χ1n) is 26.0. The van der Waals surface area contributed by atoms with Crippen molar-refractivity contribution in [2.45, 2.75) is 5.41 Å². The second kappa shape index (κ2) is 17.2. The van der Waals surface area contributed by atoms with E-state index in [0.717, 1.165) is 39.4 Å². The van der Waals surface area contributed by atoms with Gasteiger partial charge in [0.15, 0.2) is 0 Å². The van der Waals surface area contributed by atoms with Crippen molar-refractivity contribution in [3.63, 3.8) is 0 Å². The summed E-state index contributed by atoms with van der Waals surface area (Å²) in [5.41, 5.74) is 26.0. The SMILES string of the molecule is c1ccc(-c2ccccc2-c2c(-c3ccccc3)cccc2N(c2cccc(-c3ccc4c(c3)c3ccccc3n4-c3ccccc3)c2)c2ccc3c(c2)C2(c4ccccc4-c4ccccc42)c2ccccc2-3)cc1. The maximum absolute atomic E-state index is 2.54. The molecule has 0 aliphatic heterocycles. The smallest absolute Gasteiger partial charge is 0.0726 e.